The van der Waals surface area contributed by atoms with Gasteiger partial charge in [0.15, 0.2) is 0 Å². The summed E-state index contributed by atoms with van der Waals surface area (Å²) < 4.78 is 5.28. The fourth-order valence-corrected chi connectivity index (χ4v) is 1.39. The molecule has 1 aliphatic heterocycles. The number of rotatable bonds is 0. The number of carbonyl (C=O) groups excluding carboxylic acids is 1. The first kappa shape index (κ1) is 12.1. The largest absolute Gasteiger partial charge is 0.444 e. The number of amides is 1. The molecule has 1 aliphatic rings. The molecule has 1 heterocycles. The Morgan fingerprint density at radius 3 is 2.80 bits per heavy atom. The maximum absolute atomic E-state index is 11.7. The van der Waals surface area contributed by atoms with Crippen LogP contribution in [0, 0.1) is 0 Å². The summed E-state index contributed by atoms with van der Waals surface area (Å²) in [7, 11) is 5.71. The smallest absolute Gasteiger partial charge is 0.410 e. The molecule has 0 spiro atoms. The molecule has 0 fully saturated rings. The van der Waals surface area contributed by atoms with Crippen LogP contribution >= 0.6 is 0 Å². The Hall–Kier alpha value is -0.925. The van der Waals surface area contributed by atoms with Crippen LogP contribution in [0.3, 0.4) is 0 Å². The van der Waals surface area contributed by atoms with Crippen molar-refractivity contribution >= 4 is 13.9 Å². The predicted molar refractivity (Wildman–Crippen MR) is 60.9 cm³/mol. The van der Waals surface area contributed by atoms with Gasteiger partial charge in [0.2, 0.25) is 0 Å². The van der Waals surface area contributed by atoms with Crippen LogP contribution in [0.25, 0.3) is 0 Å². The maximum Gasteiger partial charge on any atom is 0.410 e. The molecular formula is C11H18BNO2. The molecule has 0 N–H and O–H groups in total. The zero-order valence-corrected chi connectivity index (χ0v) is 9.75. The van der Waals surface area contributed by atoms with Gasteiger partial charge >= 0.3 is 6.09 Å². The Kier molecular flexibility index (Phi) is 3.83. The first-order chi connectivity index (χ1) is 6.88. The quantitative estimate of drug-likeness (QED) is 0.569. The highest BCUT2D eigenvalue weighted by atomic mass is 16.6. The molecular weight excluding hydrogens is 189 g/mol. The van der Waals surface area contributed by atoms with Gasteiger partial charge in [0.05, 0.1) is 0 Å². The molecule has 0 saturated heterocycles. The van der Waals surface area contributed by atoms with Crippen LogP contribution < -0.4 is 0 Å². The van der Waals surface area contributed by atoms with Crippen molar-refractivity contribution < 1.29 is 9.53 Å². The van der Waals surface area contributed by atoms with Gasteiger partial charge in [-0.05, 0) is 33.6 Å². The molecule has 0 aromatic carbocycles. The minimum absolute atomic E-state index is 0.256. The lowest BCUT2D eigenvalue weighted by Gasteiger charge is -2.25. The van der Waals surface area contributed by atoms with E-state index in [1.54, 1.807) is 4.90 Å². The number of hydrogen-bond acceptors (Lipinski definition) is 2. The summed E-state index contributed by atoms with van der Waals surface area (Å²) in [4.78, 5) is 13.4. The van der Waals surface area contributed by atoms with Gasteiger partial charge in [0.1, 0.15) is 13.4 Å². The highest BCUT2D eigenvalue weighted by Crippen LogP contribution is 2.13. The summed E-state index contributed by atoms with van der Waals surface area (Å²) >= 11 is 0. The van der Waals surface area contributed by atoms with Gasteiger partial charge in [-0.15, -0.1) is 5.47 Å². The zero-order chi connectivity index (χ0) is 11.5. The fraction of sp³-hybridized carbons (Fsp3) is 0.727. The van der Waals surface area contributed by atoms with E-state index in [-0.39, 0.29) is 6.09 Å². The molecule has 1 rings (SSSR count). The van der Waals surface area contributed by atoms with Crippen molar-refractivity contribution in [3.05, 3.63) is 11.5 Å². The monoisotopic (exact) mass is 207 g/mol. The highest BCUT2D eigenvalue weighted by molar-refractivity contribution is 6.21. The van der Waals surface area contributed by atoms with Crippen LogP contribution in [0.15, 0.2) is 11.5 Å². The Labute approximate surface area is 92.9 Å². The summed E-state index contributed by atoms with van der Waals surface area (Å²) in [6, 6.07) is 0. The molecule has 0 unspecified atom stereocenters. The third-order valence-electron chi connectivity index (χ3n) is 2.12. The van der Waals surface area contributed by atoms with E-state index in [1.165, 1.54) is 0 Å². The van der Waals surface area contributed by atoms with Crippen molar-refractivity contribution in [2.45, 2.75) is 39.2 Å². The van der Waals surface area contributed by atoms with Gasteiger partial charge in [-0.1, -0.05) is 6.08 Å². The minimum Gasteiger partial charge on any atom is -0.444 e. The molecule has 3 nitrogen and oxygen atoms in total. The second-order valence-electron chi connectivity index (χ2n) is 4.81. The number of ether oxygens (including phenoxy) is 1. The summed E-state index contributed by atoms with van der Waals surface area (Å²) in [5.41, 5.74) is 0.430. The topological polar surface area (TPSA) is 29.5 Å². The lowest BCUT2D eigenvalue weighted by molar-refractivity contribution is 0.0273. The normalized spacial score (nSPS) is 18.1. The lowest BCUT2D eigenvalue weighted by atomic mass is 9.91. The number of allylic oxidation sites excluding steroid dienone is 1. The fourth-order valence-electron chi connectivity index (χ4n) is 1.39. The van der Waals surface area contributed by atoms with Gasteiger partial charge in [-0.2, -0.15) is 0 Å². The number of nitrogens with zero attached hydrogens (tertiary/aromatic N) is 1. The van der Waals surface area contributed by atoms with Gasteiger partial charge in [0.25, 0.3) is 0 Å². The van der Waals surface area contributed by atoms with Crippen molar-refractivity contribution in [2.24, 2.45) is 0 Å². The van der Waals surface area contributed by atoms with Crippen LogP contribution in [0.4, 0.5) is 4.79 Å². The first-order valence-corrected chi connectivity index (χ1v) is 5.31. The first-order valence-electron chi connectivity index (χ1n) is 5.31. The molecule has 0 saturated carbocycles. The van der Waals surface area contributed by atoms with Crippen LogP contribution in [0.2, 0.25) is 0 Å². The minimum atomic E-state index is -0.432. The standard InChI is InChI=1S/C11H18BNO2/c1-11(2,3)15-10(14)13-7-4-5-9(12)6-8-13/h6H,4-5,7-8H2,1-3H3. The maximum atomic E-state index is 11.7. The van der Waals surface area contributed by atoms with Gasteiger partial charge in [-0.3, -0.25) is 0 Å². The summed E-state index contributed by atoms with van der Waals surface area (Å²) in [6.07, 6.45) is 3.39. The average molecular weight is 207 g/mol. The van der Waals surface area contributed by atoms with E-state index in [1.807, 2.05) is 26.8 Å². The van der Waals surface area contributed by atoms with Crippen molar-refractivity contribution in [1.29, 1.82) is 0 Å². The second kappa shape index (κ2) is 4.73. The molecule has 82 valence electrons. The Bertz CT molecular complexity index is 268. The molecule has 1 amide bonds. The van der Waals surface area contributed by atoms with E-state index in [2.05, 4.69) is 0 Å². The number of hydrogen-bond donors (Lipinski definition) is 0. The molecule has 4 heteroatoms. The molecule has 15 heavy (non-hydrogen) atoms. The van der Waals surface area contributed by atoms with Crippen LogP contribution in [-0.4, -0.2) is 37.5 Å². The molecule has 0 aliphatic carbocycles. The molecule has 0 atom stereocenters. The summed E-state index contributed by atoms with van der Waals surface area (Å²) in [5, 5.41) is 0. The third kappa shape index (κ3) is 4.41. The number of carbonyl (C=O) groups is 1. The van der Waals surface area contributed by atoms with Crippen molar-refractivity contribution in [3.63, 3.8) is 0 Å². The molecule has 2 radical (unpaired) electrons. The predicted octanol–water partition coefficient (Wildman–Crippen LogP) is 2.07. The van der Waals surface area contributed by atoms with E-state index in [9.17, 15) is 4.79 Å². The van der Waals surface area contributed by atoms with Gasteiger partial charge in [-0.25, -0.2) is 4.79 Å². The Balaban J connectivity index is 2.53. The summed E-state index contributed by atoms with van der Waals surface area (Å²) in [5.74, 6) is 0. The van der Waals surface area contributed by atoms with Crippen LogP contribution in [-0.2, 0) is 4.74 Å². The highest BCUT2D eigenvalue weighted by Gasteiger charge is 2.21. The molecule has 0 aromatic rings. The average Bonchev–Trinajstić information content (AvgIpc) is 2.26. The summed E-state index contributed by atoms with van der Waals surface area (Å²) in [6.45, 7) is 6.87. The van der Waals surface area contributed by atoms with E-state index in [4.69, 9.17) is 12.6 Å². The van der Waals surface area contributed by atoms with Gasteiger partial charge < -0.3 is 9.64 Å². The van der Waals surface area contributed by atoms with Crippen LogP contribution in [0.5, 0.6) is 0 Å². The van der Waals surface area contributed by atoms with E-state index >= 15 is 0 Å². The third-order valence-corrected chi connectivity index (χ3v) is 2.12. The SMILES string of the molecule is [B]C1=CCN(C(=O)OC(C)(C)C)CCC1. The second-order valence-corrected chi connectivity index (χ2v) is 4.81. The Morgan fingerprint density at radius 2 is 2.20 bits per heavy atom. The lowest BCUT2D eigenvalue weighted by Crippen LogP contribution is -2.37. The van der Waals surface area contributed by atoms with E-state index in [0.29, 0.717) is 13.1 Å². The molecule has 0 bridgehead atoms. The Morgan fingerprint density at radius 1 is 1.53 bits per heavy atom. The van der Waals surface area contributed by atoms with Crippen molar-refractivity contribution in [3.8, 4) is 0 Å². The van der Waals surface area contributed by atoms with Gasteiger partial charge in [0, 0.05) is 13.1 Å². The molecule has 0 aromatic heterocycles. The van der Waals surface area contributed by atoms with Crippen molar-refractivity contribution in [1.82, 2.24) is 4.90 Å². The van der Waals surface area contributed by atoms with Crippen LogP contribution in [0.1, 0.15) is 33.6 Å². The van der Waals surface area contributed by atoms with E-state index in [0.717, 1.165) is 18.3 Å². The zero-order valence-electron chi connectivity index (χ0n) is 9.75. The van der Waals surface area contributed by atoms with Crippen molar-refractivity contribution in [2.75, 3.05) is 13.1 Å². The van der Waals surface area contributed by atoms with E-state index < -0.39 is 5.60 Å².